The fraction of sp³-hybridized carbons (Fsp3) is 0.941. The Labute approximate surface area is 135 Å². The first-order chi connectivity index (χ1) is 10.3. The molecular formula is C17H35N3O2. The molecule has 1 saturated heterocycles. The van der Waals surface area contributed by atoms with Crippen molar-refractivity contribution < 1.29 is 9.53 Å². The van der Waals surface area contributed by atoms with Crippen LogP contribution in [0.15, 0.2) is 0 Å². The summed E-state index contributed by atoms with van der Waals surface area (Å²) in [4.78, 5) is 11.7. The maximum absolute atomic E-state index is 11.7. The minimum atomic E-state index is -0.441. The van der Waals surface area contributed by atoms with E-state index in [1.165, 1.54) is 25.7 Å². The van der Waals surface area contributed by atoms with E-state index in [9.17, 15) is 4.79 Å². The largest absolute Gasteiger partial charge is 0.444 e. The Morgan fingerprint density at radius 3 is 2.59 bits per heavy atom. The Morgan fingerprint density at radius 1 is 1.27 bits per heavy atom. The van der Waals surface area contributed by atoms with Gasteiger partial charge in [0, 0.05) is 18.1 Å². The molecule has 5 heteroatoms. The minimum Gasteiger partial charge on any atom is -0.444 e. The van der Waals surface area contributed by atoms with Crippen molar-refractivity contribution in [1.29, 1.82) is 0 Å². The monoisotopic (exact) mass is 313 g/mol. The predicted molar refractivity (Wildman–Crippen MR) is 91.2 cm³/mol. The second kappa shape index (κ2) is 9.36. The van der Waals surface area contributed by atoms with Crippen molar-refractivity contribution in [3.63, 3.8) is 0 Å². The number of nitrogens with one attached hydrogen (secondary N) is 3. The Bertz CT molecular complexity index is 322. The number of carbonyl (C=O) groups is 1. The van der Waals surface area contributed by atoms with Gasteiger partial charge in [0.05, 0.1) is 0 Å². The number of carbonyl (C=O) groups excluding carboxylic acids is 1. The summed E-state index contributed by atoms with van der Waals surface area (Å²) in [5.74, 6) is 0. The highest BCUT2D eigenvalue weighted by Gasteiger charge is 2.18. The van der Waals surface area contributed by atoms with Gasteiger partial charge in [-0.05, 0) is 73.4 Å². The van der Waals surface area contributed by atoms with Gasteiger partial charge >= 0.3 is 6.09 Å². The summed E-state index contributed by atoms with van der Waals surface area (Å²) in [6, 6.07) is 1.28. The fourth-order valence-corrected chi connectivity index (χ4v) is 2.76. The molecule has 3 atom stereocenters. The van der Waals surface area contributed by atoms with Gasteiger partial charge in [-0.25, -0.2) is 4.79 Å². The van der Waals surface area contributed by atoms with Crippen LogP contribution in [0.5, 0.6) is 0 Å². The van der Waals surface area contributed by atoms with E-state index in [2.05, 4.69) is 22.9 Å². The predicted octanol–water partition coefficient (Wildman–Crippen LogP) is 2.80. The van der Waals surface area contributed by atoms with Crippen LogP contribution < -0.4 is 16.0 Å². The summed E-state index contributed by atoms with van der Waals surface area (Å²) in [5, 5.41) is 10.0. The number of alkyl carbamates (subject to hydrolysis) is 1. The van der Waals surface area contributed by atoms with Gasteiger partial charge in [0.25, 0.3) is 0 Å². The van der Waals surface area contributed by atoms with E-state index in [1.807, 2.05) is 27.7 Å². The number of piperidine rings is 1. The molecule has 3 unspecified atom stereocenters. The summed E-state index contributed by atoms with van der Waals surface area (Å²) in [5.41, 5.74) is -0.441. The lowest BCUT2D eigenvalue weighted by Crippen LogP contribution is -2.42. The fourth-order valence-electron chi connectivity index (χ4n) is 2.76. The highest BCUT2D eigenvalue weighted by molar-refractivity contribution is 5.67. The smallest absolute Gasteiger partial charge is 0.407 e. The molecule has 0 saturated carbocycles. The topological polar surface area (TPSA) is 62.4 Å². The molecule has 22 heavy (non-hydrogen) atoms. The summed E-state index contributed by atoms with van der Waals surface area (Å²) >= 11 is 0. The molecule has 1 heterocycles. The summed E-state index contributed by atoms with van der Waals surface area (Å²) in [7, 11) is 0. The second-order valence-corrected chi connectivity index (χ2v) is 7.57. The first-order valence-corrected chi connectivity index (χ1v) is 8.72. The molecule has 0 aromatic rings. The van der Waals surface area contributed by atoms with Crippen LogP contribution in [0.1, 0.15) is 66.7 Å². The van der Waals surface area contributed by atoms with Crippen molar-refractivity contribution in [2.75, 3.05) is 13.1 Å². The molecule has 0 aromatic heterocycles. The van der Waals surface area contributed by atoms with Crippen LogP contribution in [-0.2, 0) is 4.74 Å². The highest BCUT2D eigenvalue weighted by atomic mass is 16.6. The molecule has 130 valence electrons. The molecule has 0 aliphatic carbocycles. The second-order valence-electron chi connectivity index (χ2n) is 7.57. The number of hydrogen-bond acceptors (Lipinski definition) is 4. The molecule has 0 spiro atoms. The van der Waals surface area contributed by atoms with E-state index in [-0.39, 0.29) is 12.1 Å². The van der Waals surface area contributed by atoms with Crippen LogP contribution in [0.2, 0.25) is 0 Å². The average molecular weight is 313 g/mol. The first kappa shape index (κ1) is 19.2. The molecule has 5 nitrogen and oxygen atoms in total. The molecule has 0 aromatic carbocycles. The molecule has 0 bridgehead atoms. The van der Waals surface area contributed by atoms with Gasteiger partial charge in [0.15, 0.2) is 0 Å². The maximum Gasteiger partial charge on any atom is 0.407 e. The molecule has 1 aliphatic rings. The minimum absolute atomic E-state index is 0.113. The number of hydrogen-bond donors (Lipinski definition) is 3. The van der Waals surface area contributed by atoms with E-state index in [0.29, 0.717) is 12.1 Å². The van der Waals surface area contributed by atoms with Gasteiger partial charge in [-0.15, -0.1) is 0 Å². The normalized spacial score (nSPS) is 22.0. The lowest BCUT2D eigenvalue weighted by atomic mass is 9.99. The summed E-state index contributed by atoms with van der Waals surface area (Å²) in [6.07, 6.45) is 5.70. The Hall–Kier alpha value is -0.810. The van der Waals surface area contributed by atoms with E-state index in [0.717, 1.165) is 19.5 Å². The lowest BCUT2D eigenvalue weighted by molar-refractivity contribution is 0.0506. The Morgan fingerprint density at radius 2 is 2.00 bits per heavy atom. The van der Waals surface area contributed by atoms with Gasteiger partial charge < -0.3 is 20.7 Å². The van der Waals surface area contributed by atoms with Crippen molar-refractivity contribution in [2.24, 2.45) is 0 Å². The van der Waals surface area contributed by atoms with E-state index >= 15 is 0 Å². The molecule has 1 fully saturated rings. The van der Waals surface area contributed by atoms with Crippen LogP contribution in [-0.4, -0.2) is 42.9 Å². The standard InChI is InChI=1S/C17H35N3O2/c1-13(20-16(21)22-17(3,4)5)9-11-18-14(2)12-15-8-6-7-10-19-15/h13-15,18-19H,6-12H2,1-5H3,(H,20,21). The van der Waals surface area contributed by atoms with Crippen LogP contribution in [0, 0.1) is 0 Å². The Balaban J connectivity index is 2.10. The Kier molecular flexibility index (Phi) is 8.18. The lowest BCUT2D eigenvalue weighted by Gasteiger charge is -2.27. The van der Waals surface area contributed by atoms with E-state index in [4.69, 9.17) is 4.74 Å². The zero-order valence-electron chi connectivity index (χ0n) is 15.0. The van der Waals surface area contributed by atoms with Crippen molar-refractivity contribution in [2.45, 2.75) is 90.4 Å². The first-order valence-electron chi connectivity index (χ1n) is 8.72. The van der Waals surface area contributed by atoms with Crippen LogP contribution in [0.4, 0.5) is 4.79 Å². The van der Waals surface area contributed by atoms with Crippen molar-refractivity contribution >= 4 is 6.09 Å². The molecule has 1 aliphatic heterocycles. The van der Waals surface area contributed by atoms with E-state index < -0.39 is 5.60 Å². The van der Waals surface area contributed by atoms with Crippen molar-refractivity contribution in [3.8, 4) is 0 Å². The molecule has 1 rings (SSSR count). The zero-order chi connectivity index (χ0) is 16.6. The SMILES string of the molecule is CC(CC1CCCCN1)NCCC(C)NC(=O)OC(C)(C)C. The third-order valence-corrected chi connectivity index (χ3v) is 3.88. The number of amides is 1. The van der Waals surface area contributed by atoms with Crippen molar-refractivity contribution in [3.05, 3.63) is 0 Å². The van der Waals surface area contributed by atoms with Crippen molar-refractivity contribution in [1.82, 2.24) is 16.0 Å². The number of ether oxygens (including phenoxy) is 1. The van der Waals surface area contributed by atoms with Crippen LogP contribution in [0.25, 0.3) is 0 Å². The average Bonchev–Trinajstić information content (AvgIpc) is 2.37. The van der Waals surface area contributed by atoms with Gasteiger partial charge in [0.1, 0.15) is 5.60 Å². The molecule has 1 amide bonds. The van der Waals surface area contributed by atoms with E-state index in [1.54, 1.807) is 0 Å². The molecule has 0 radical (unpaired) electrons. The van der Waals surface area contributed by atoms with Gasteiger partial charge in [-0.3, -0.25) is 0 Å². The molecular weight excluding hydrogens is 278 g/mol. The zero-order valence-corrected chi connectivity index (χ0v) is 15.0. The quantitative estimate of drug-likeness (QED) is 0.676. The third kappa shape index (κ3) is 9.26. The van der Waals surface area contributed by atoms with Crippen LogP contribution >= 0.6 is 0 Å². The summed E-state index contributed by atoms with van der Waals surface area (Å²) < 4.78 is 5.26. The van der Waals surface area contributed by atoms with Crippen LogP contribution in [0.3, 0.4) is 0 Å². The van der Waals surface area contributed by atoms with Gasteiger partial charge in [0.2, 0.25) is 0 Å². The number of rotatable bonds is 7. The summed E-state index contributed by atoms with van der Waals surface area (Å²) in [6.45, 7) is 11.9. The van der Waals surface area contributed by atoms with Gasteiger partial charge in [-0.1, -0.05) is 6.42 Å². The molecule has 3 N–H and O–H groups in total. The third-order valence-electron chi connectivity index (χ3n) is 3.88. The highest BCUT2D eigenvalue weighted by Crippen LogP contribution is 2.12. The maximum atomic E-state index is 11.7. The van der Waals surface area contributed by atoms with Gasteiger partial charge in [-0.2, -0.15) is 0 Å².